The molecule has 1 aromatic carbocycles. The van der Waals surface area contributed by atoms with Crippen LogP contribution in [0.15, 0.2) is 53.3 Å². The molecule has 0 spiro atoms. The summed E-state index contributed by atoms with van der Waals surface area (Å²) in [7, 11) is 0. The second-order valence-corrected chi connectivity index (χ2v) is 6.92. The quantitative estimate of drug-likeness (QED) is 0.617. The SMILES string of the molecule is Clc1cccc(Cl)c1C1CC(c2csc(-c3ccncc3)n2)=NO1. The van der Waals surface area contributed by atoms with E-state index in [4.69, 9.17) is 28.0 Å². The van der Waals surface area contributed by atoms with Crippen molar-refractivity contribution in [3.63, 3.8) is 0 Å². The minimum Gasteiger partial charge on any atom is -0.387 e. The number of hydrogen-bond donors (Lipinski definition) is 0. The maximum absolute atomic E-state index is 6.25. The van der Waals surface area contributed by atoms with Gasteiger partial charge in [-0.3, -0.25) is 4.98 Å². The molecule has 0 saturated carbocycles. The third-order valence-corrected chi connectivity index (χ3v) is 5.27. The van der Waals surface area contributed by atoms with Crippen LogP contribution in [-0.2, 0) is 4.84 Å². The summed E-state index contributed by atoms with van der Waals surface area (Å²) in [5.74, 6) is 0. The molecule has 4 rings (SSSR count). The maximum atomic E-state index is 6.25. The van der Waals surface area contributed by atoms with E-state index >= 15 is 0 Å². The molecule has 0 N–H and O–H groups in total. The number of oxime groups is 1. The summed E-state index contributed by atoms with van der Waals surface area (Å²) in [4.78, 5) is 14.2. The van der Waals surface area contributed by atoms with Crippen molar-refractivity contribution in [2.75, 3.05) is 0 Å². The summed E-state index contributed by atoms with van der Waals surface area (Å²) in [6.07, 6.45) is 3.81. The number of nitrogens with zero attached hydrogens (tertiary/aromatic N) is 3. The van der Waals surface area contributed by atoms with Gasteiger partial charge in [0, 0.05) is 45.4 Å². The second-order valence-electron chi connectivity index (χ2n) is 5.25. The smallest absolute Gasteiger partial charge is 0.161 e. The van der Waals surface area contributed by atoms with Gasteiger partial charge >= 0.3 is 0 Å². The van der Waals surface area contributed by atoms with Crippen molar-refractivity contribution < 1.29 is 4.84 Å². The molecule has 1 aliphatic rings. The molecule has 3 heterocycles. The van der Waals surface area contributed by atoms with Crippen LogP contribution in [0.1, 0.15) is 23.8 Å². The molecule has 1 atom stereocenters. The number of rotatable bonds is 3. The van der Waals surface area contributed by atoms with Crippen LogP contribution < -0.4 is 0 Å². The topological polar surface area (TPSA) is 47.4 Å². The first kappa shape index (κ1) is 15.6. The fourth-order valence-electron chi connectivity index (χ4n) is 2.54. The van der Waals surface area contributed by atoms with Gasteiger partial charge in [-0.2, -0.15) is 0 Å². The van der Waals surface area contributed by atoms with Crippen molar-refractivity contribution in [3.8, 4) is 10.6 Å². The van der Waals surface area contributed by atoms with E-state index < -0.39 is 0 Å². The minimum absolute atomic E-state index is 0.285. The van der Waals surface area contributed by atoms with Crippen molar-refractivity contribution in [1.82, 2.24) is 9.97 Å². The number of thiazole rings is 1. The van der Waals surface area contributed by atoms with Crippen molar-refractivity contribution in [2.45, 2.75) is 12.5 Å². The van der Waals surface area contributed by atoms with Crippen LogP contribution in [0.4, 0.5) is 0 Å². The Morgan fingerprint density at radius 2 is 1.83 bits per heavy atom. The molecular formula is C17H11Cl2N3OS. The lowest BCUT2D eigenvalue weighted by molar-refractivity contribution is 0.0859. The molecule has 7 heteroatoms. The fourth-order valence-corrected chi connectivity index (χ4v) is 4.01. The lowest BCUT2D eigenvalue weighted by Crippen LogP contribution is -2.03. The van der Waals surface area contributed by atoms with E-state index in [1.54, 1.807) is 35.9 Å². The predicted octanol–water partition coefficient (Wildman–Crippen LogP) is 5.38. The number of pyridine rings is 1. The van der Waals surface area contributed by atoms with Gasteiger partial charge in [0.2, 0.25) is 0 Å². The van der Waals surface area contributed by atoms with Gasteiger partial charge in [-0.05, 0) is 24.3 Å². The van der Waals surface area contributed by atoms with E-state index in [-0.39, 0.29) is 6.10 Å². The Bertz CT molecular complexity index is 891. The zero-order chi connectivity index (χ0) is 16.5. The summed E-state index contributed by atoms with van der Waals surface area (Å²) in [5, 5.41) is 8.26. The molecule has 2 aromatic heterocycles. The number of halogens is 2. The molecule has 24 heavy (non-hydrogen) atoms. The van der Waals surface area contributed by atoms with E-state index in [1.807, 2.05) is 23.6 Å². The molecule has 1 unspecified atom stereocenters. The first-order chi connectivity index (χ1) is 11.7. The average molecular weight is 376 g/mol. The van der Waals surface area contributed by atoms with Gasteiger partial charge in [-0.15, -0.1) is 11.3 Å². The molecule has 4 nitrogen and oxygen atoms in total. The number of hydrogen-bond acceptors (Lipinski definition) is 5. The lowest BCUT2D eigenvalue weighted by atomic mass is 10.0. The number of aromatic nitrogens is 2. The predicted molar refractivity (Wildman–Crippen MR) is 96.8 cm³/mol. The Morgan fingerprint density at radius 1 is 1.08 bits per heavy atom. The Morgan fingerprint density at radius 3 is 2.58 bits per heavy atom. The Kier molecular flexibility index (Phi) is 4.22. The zero-order valence-corrected chi connectivity index (χ0v) is 14.6. The van der Waals surface area contributed by atoms with Gasteiger partial charge in [-0.25, -0.2) is 4.98 Å². The molecule has 3 aromatic rings. The highest BCUT2D eigenvalue weighted by Crippen LogP contribution is 2.38. The molecule has 0 fully saturated rings. The van der Waals surface area contributed by atoms with Gasteiger partial charge in [0.05, 0.1) is 5.69 Å². The van der Waals surface area contributed by atoms with Crippen molar-refractivity contribution >= 4 is 40.3 Å². The molecule has 1 aliphatic heterocycles. The van der Waals surface area contributed by atoms with Crippen LogP contribution in [-0.4, -0.2) is 15.7 Å². The van der Waals surface area contributed by atoms with Gasteiger partial charge in [0.1, 0.15) is 10.7 Å². The molecule has 120 valence electrons. The second kappa shape index (κ2) is 6.51. The highest BCUT2D eigenvalue weighted by atomic mass is 35.5. The van der Waals surface area contributed by atoms with E-state index in [1.165, 1.54) is 0 Å². The van der Waals surface area contributed by atoms with E-state index in [0.29, 0.717) is 16.5 Å². The number of benzene rings is 1. The van der Waals surface area contributed by atoms with Crippen molar-refractivity contribution in [1.29, 1.82) is 0 Å². The van der Waals surface area contributed by atoms with Gasteiger partial charge in [0.25, 0.3) is 0 Å². The van der Waals surface area contributed by atoms with Crippen molar-refractivity contribution in [2.24, 2.45) is 5.16 Å². The van der Waals surface area contributed by atoms with Gasteiger partial charge < -0.3 is 4.84 Å². The van der Waals surface area contributed by atoms with Crippen LogP contribution in [0.2, 0.25) is 10.0 Å². The normalized spacial score (nSPS) is 16.8. The molecule has 0 radical (unpaired) electrons. The van der Waals surface area contributed by atoms with Crippen LogP contribution in [0.5, 0.6) is 0 Å². The molecule has 0 bridgehead atoms. The molecular weight excluding hydrogens is 365 g/mol. The third-order valence-electron chi connectivity index (χ3n) is 3.72. The van der Waals surface area contributed by atoms with Crippen LogP contribution in [0, 0.1) is 0 Å². The average Bonchev–Trinajstić information content (AvgIpc) is 3.25. The lowest BCUT2D eigenvalue weighted by Gasteiger charge is -2.11. The summed E-state index contributed by atoms with van der Waals surface area (Å²) >= 11 is 14.1. The minimum atomic E-state index is -0.285. The third kappa shape index (κ3) is 2.90. The van der Waals surface area contributed by atoms with Gasteiger partial charge in [-0.1, -0.05) is 34.4 Å². The summed E-state index contributed by atoms with van der Waals surface area (Å²) in [5.41, 5.74) is 3.42. The van der Waals surface area contributed by atoms with E-state index in [0.717, 1.165) is 27.5 Å². The monoisotopic (exact) mass is 375 g/mol. The molecule has 0 saturated heterocycles. The molecule has 0 amide bonds. The standard InChI is InChI=1S/C17H11Cl2N3OS/c18-11-2-1-3-12(19)16(11)15-8-13(22-23-15)14-9-24-17(21-14)10-4-6-20-7-5-10/h1-7,9,15H,8H2. The van der Waals surface area contributed by atoms with Crippen LogP contribution in [0.3, 0.4) is 0 Å². The van der Waals surface area contributed by atoms with E-state index in [9.17, 15) is 0 Å². The fraction of sp³-hybridized carbons (Fsp3) is 0.118. The summed E-state index contributed by atoms with van der Waals surface area (Å²) < 4.78 is 0. The molecule has 0 aliphatic carbocycles. The van der Waals surface area contributed by atoms with Crippen LogP contribution in [0.25, 0.3) is 10.6 Å². The van der Waals surface area contributed by atoms with Crippen LogP contribution >= 0.6 is 34.5 Å². The largest absolute Gasteiger partial charge is 0.387 e. The first-order valence-corrected chi connectivity index (χ1v) is 8.89. The first-order valence-electron chi connectivity index (χ1n) is 7.25. The highest BCUT2D eigenvalue weighted by Gasteiger charge is 2.28. The Hall–Kier alpha value is -1.95. The van der Waals surface area contributed by atoms with E-state index in [2.05, 4.69) is 15.1 Å². The Labute approximate surface area is 152 Å². The van der Waals surface area contributed by atoms with Gasteiger partial charge in [0.15, 0.2) is 6.10 Å². The maximum Gasteiger partial charge on any atom is 0.161 e. The summed E-state index contributed by atoms with van der Waals surface area (Å²) in [6, 6.07) is 9.28. The zero-order valence-electron chi connectivity index (χ0n) is 12.3. The Balaban J connectivity index is 1.56. The highest BCUT2D eigenvalue weighted by molar-refractivity contribution is 7.13. The summed E-state index contributed by atoms with van der Waals surface area (Å²) in [6.45, 7) is 0. The van der Waals surface area contributed by atoms with Crippen molar-refractivity contribution in [3.05, 3.63) is 69.4 Å².